The quantitative estimate of drug-likeness (QED) is 0.863. The molecule has 2 fully saturated rings. The number of aliphatic carboxylic acids is 1. The number of carboxylic acids is 1. The molecule has 0 unspecified atom stereocenters. The number of fused-ring (bicyclic) bond motifs is 1. The number of rotatable bonds is 4. The van der Waals surface area contributed by atoms with Crippen LogP contribution in [0.25, 0.3) is 0 Å². The van der Waals surface area contributed by atoms with E-state index in [2.05, 4.69) is 6.58 Å². The Bertz CT molecular complexity index is 770. The fourth-order valence-electron chi connectivity index (χ4n) is 4.50. The van der Waals surface area contributed by atoms with Crippen molar-refractivity contribution in [1.82, 2.24) is 0 Å². The minimum Gasteiger partial charge on any atom is -0.481 e. The Kier molecular flexibility index (Phi) is 3.18. The smallest absolute Gasteiger partial charge is 0.310 e. The van der Waals surface area contributed by atoms with Crippen LogP contribution < -0.4 is 4.90 Å². The first-order valence-electron chi connectivity index (χ1n) is 8.11. The van der Waals surface area contributed by atoms with E-state index >= 15 is 0 Å². The molecular weight excluding hydrogens is 306 g/mol. The number of amides is 1. The average Bonchev–Trinajstić information content (AvgIpc) is 3.18. The summed E-state index contributed by atoms with van der Waals surface area (Å²) in [6.07, 6.45) is 5.47. The molecule has 124 valence electrons. The average molecular weight is 325 g/mol. The first-order valence-corrected chi connectivity index (χ1v) is 8.11. The molecule has 1 aromatic carbocycles. The Morgan fingerprint density at radius 2 is 2.21 bits per heavy atom. The molecule has 1 N–H and O–H groups in total. The molecule has 0 aliphatic carbocycles. The minimum atomic E-state index is -0.978. The van der Waals surface area contributed by atoms with Gasteiger partial charge in [-0.25, -0.2) is 0 Å². The van der Waals surface area contributed by atoms with Gasteiger partial charge in [-0.3, -0.25) is 9.59 Å². The predicted octanol–water partition coefficient (Wildman–Crippen LogP) is 2.31. The van der Waals surface area contributed by atoms with Gasteiger partial charge >= 0.3 is 5.97 Å². The molecule has 5 nitrogen and oxygen atoms in total. The third-order valence-electron chi connectivity index (χ3n) is 5.47. The molecule has 5 atom stereocenters. The SMILES string of the molecule is C=CC[C@@H]1N(c2ccccc2C)C(=O)[C@@H]2[C@@H](C(=O)O)[C@@H]3C=C[C@]21O3. The number of para-hydroxylation sites is 1. The molecule has 1 spiro atoms. The summed E-state index contributed by atoms with van der Waals surface area (Å²) >= 11 is 0. The zero-order chi connectivity index (χ0) is 17.1. The summed E-state index contributed by atoms with van der Waals surface area (Å²) in [7, 11) is 0. The summed E-state index contributed by atoms with van der Waals surface area (Å²) in [6.45, 7) is 5.76. The van der Waals surface area contributed by atoms with Crippen molar-refractivity contribution in [1.29, 1.82) is 0 Å². The number of aryl methyl sites for hydroxylation is 1. The molecule has 5 heteroatoms. The fourth-order valence-corrected chi connectivity index (χ4v) is 4.50. The molecule has 3 heterocycles. The molecule has 1 amide bonds. The Morgan fingerprint density at radius 1 is 1.46 bits per heavy atom. The number of carbonyl (C=O) groups excluding carboxylic acids is 1. The maximum Gasteiger partial charge on any atom is 0.310 e. The largest absolute Gasteiger partial charge is 0.481 e. The molecule has 0 saturated carbocycles. The van der Waals surface area contributed by atoms with Gasteiger partial charge in [0.2, 0.25) is 5.91 Å². The highest BCUT2D eigenvalue weighted by Gasteiger charge is 2.71. The second-order valence-electron chi connectivity index (χ2n) is 6.67. The maximum atomic E-state index is 13.2. The number of hydrogen-bond donors (Lipinski definition) is 1. The lowest BCUT2D eigenvalue weighted by molar-refractivity contribution is -0.146. The van der Waals surface area contributed by atoms with E-state index in [1.54, 1.807) is 17.1 Å². The van der Waals surface area contributed by atoms with E-state index in [0.29, 0.717) is 6.42 Å². The third kappa shape index (κ3) is 1.73. The summed E-state index contributed by atoms with van der Waals surface area (Å²) in [5.74, 6) is -2.66. The highest BCUT2D eigenvalue weighted by Crippen LogP contribution is 2.56. The van der Waals surface area contributed by atoms with Crippen LogP contribution in [0.3, 0.4) is 0 Å². The summed E-state index contributed by atoms with van der Waals surface area (Å²) in [6, 6.07) is 7.37. The van der Waals surface area contributed by atoms with E-state index < -0.39 is 29.5 Å². The van der Waals surface area contributed by atoms with Crippen LogP contribution in [0, 0.1) is 18.8 Å². The molecule has 3 aliphatic rings. The van der Waals surface area contributed by atoms with Crippen molar-refractivity contribution in [2.75, 3.05) is 4.90 Å². The van der Waals surface area contributed by atoms with E-state index in [0.717, 1.165) is 11.3 Å². The number of benzene rings is 1. The van der Waals surface area contributed by atoms with Gasteiger partial charge in [-0.1, -0.05) is 36.4 Å². The summed E-state index contributed by atoms with van der Waals surface area (Å²) in [5.41, 5.74) is 0.908. The standard InChI is InChI=1S/C19H19NO4/c1-3-6-14-19-10-9-13(24-19)15(18(22)23)16(19)17(21)20(14)12-8-5-4-7-11(12)2/h3-5,7-10,13-16H,1,6H2,2H3,(H,22,23)/t13-,14-,15-,16-,19+/m0/s1. The first-order chi connectivity index (χ1) is 11.5. The van der Waals surface area contributed by atoms with Crippen molar-refractivity contribution in [3.63, 3.8) is 0 Å². The predicted molar refractivity (Wildman–Crippen MR) is 88.6 cm³/mol. The molecule has 0 radical (unpaired) electrons. The van der Waals surface area contributed by atoms with Crippen molar-refractivity contribution in [2.45, 2.75) is 31.1 Å². The van der Waals surface area contributed by atoms with E-state index in [4.69, 9.17) is 4.74 Å². The number of carboxylic acid groups (broad SMARTS) is 1. The lowest BCUT2D eigenvalue weighted by Gasteiger charge is -2.33. The van der Waals surface area contributed by atoms with Gasteiger partial charge in [0.05, 0.1) is 18.1 Å². The number of hydrogen-bond acceptors (Lipinski definition) is 3. The first kappa shape index (κ1) is 15.1. The molecule has 2 saturated heterocycles. The zero-order valence-corrected chi connectivity index (χ0v) is 13.4. The Hall–Kier alpha value is -2.40. The maximum absolute atomic E-state index is 13.2. The van der Waals surface area contributed by atoms with Crippen molar-refractivity contribution < 1.29 is 19.4 Å². The van der Waals surface area contributed by atoms with E-state index in [1.165, 1.54) is 0 Å². The van der Waals surface area contributed by atoms with Crippen LogP contribution in [-0.2, 0) is 14.3 Å². The van der Waals surface area contributed by atoms with Crippen LogP contribution in [0.4, 0.5) is 5.69 Å². The van der Waals surface area contributed by atoms with E-state index in [1.807, 2.05) is 37.3 Å². The van der Waals surface area contributed by atoms with Crippen LogP contribution in [-0.4, -0.2) is 34.7 Å². The molecule has 1 aromatic rings. The second-order valence-corrected chi connectivity index (χ2v) is 6.67. The van der Waals surface area contributed by atoms with Gasteiger partial charge in [-0.15, -0.1) is 6.58 Å². The number of anilines is 1. The molecule has 2 bridgehead atoms. The van der Waals surface area contributed by atoms with Gasteiger partial charge in [0, 0.05) is 5.69 Å². The van der Waals surface area contributed by atoms with Gasteiger partial charge in [-0.2, -0.15) is 0 Å². The molecule has 0 aromatic heterocycles. The Morgan fingerprint density at radius 3 is 2.88 bits per heavy atom. The number of nitrogens with zero attached hydrogens (tertiary/aromatic N) is 1. The van der Waals surface area contributed by atoms with E-state index in [-0.39, 0.29) is 11.9 Å². The van der Waals surface area contributed by atoms with Crippen LogP contribution in [0.5, 0.6) is 0 Å². The highest BCUT2D eigenvalue weighted by molar-refractivity contribution is 6.03. The van der Waals surface area contributed by atoms with Crippen molar-refractivity contribution in [3.8, 4) is 0 Å². The van der Waals surface area contributed by atoms with Crippen molar-refractivity contribution in [2.24, 2.45) is 11.8 Å². The summed E-state index contributed by atoms with van der Waals surface area (Å²) in [4.78, 5) is 26.7. The Labute approximate surface area is 140 Å². The van der Waals surface area contributed by atoms with Crippen LogP contribution >= 0.6 is 0 Å². The summed E-state index contributed by atoms with van der Waals surface area (Å²) in [5, 5.41) is 9.62. The molecule has 24 heavy (non-hydrogen) atoms. The molecular formula is C19H19NO4. The van der Waals surface area contributed by atoms with Gasteiger partial charge in [0.1, 0.15) is 11.5 Å². The van der Waals surface area contributed by atoms with Gasteiger partial charge < -0.3 is 14.7 Å². The summed E-state index contributed by atoms with van der Waals surface area (Å²) < 4.78 is 6.08. The topological polar surface area (TPSA) is 66.8 Å². The second kappa shape index (κ2) is 5.05. The molecule has 4 rings (SSSR count). The van der Waals surface area contributed by atoms with Gasteiger partial charge in [-0.05, 0) is 25.0 Å². The third-order valence-corrected chi connectivity index (χ3v) is 5.47. The van der Waals surface area contributed by atoms with Crippen LogP contribution in [0.15, 0.2) is 49.1 Å². The number of ether oxygens (including phenoxy) is 1. The van der Waals surface area contributed by atoms with Crippen molar-refractivity contribution in [3.05, 3.63) is 54.6 Å². The Balaban J connectivity index is 1.87. The zero-order valence-electron chi connectivity index (χ0n) is 13.4. The molecule has 3 aliphatic heterocycles. The van der Waals surface area contributed by atoms with Gasteiger partial charge in [0.25, 0.3) is 0 Å². The van der Waals surface area contributed by atoms with Crippen LogP contribution in [0.2, 0.25) is 0 Å². The van der Waals surface area contributed by atoms with Gasteiger partial charge in [0.15, 0.2) is 0 Å². The lowest BCUT2D eigenvalue weighted by Crippen LogP contribution is -2.45. The normalized spacial score (nSPS) is 36.2. The van der Waals surface area contributed by atoms with E-state index in [9.17, 15) is 14.7 Å². The number of carbonyl (C=O) groups is 2. The highest BCUT2D eigenvalue weighted by atomic mass is 16.5. The lowest BCUT2D eigenvalue weighted by atomic mass is 9.74. The van der Waals surface area contributed by atoms with Crippen LogP contribution in [0.1, 0.15) is 12.0 Å². The van der Waals surface area contributed by atoms with Crippen molar-refractivity contribution >= 4 is 17.6 Å². The fraction of sp³-hybridized carbons (Fsp3) is 0.368. The minimum absolute atomic E-state index is 0.171. The monoisotopic (exact) mass is 325 g/mol.